The highest BCUT2D eigenvalue weighted by Crippen LogP contribution is 2.13. The average molecular weight is 139 g/mol. The molecule has 1 aromatic heterocycles. The molecule has 0 aromatic carbocycles. The zero-order valence-electron chi connectivity index (χ0n) is 5.02. The fourth-order valence-electron chi connectivity index (χ4n) is 0.469. The molecule has 5 nitrogen and oxygen atoms in total. The largest absolute Gasteiger partial charge is 0.423 e. The summed E-state index contributed by atoms with van der Waals surface area (Å²) >= 11 is 0. The monoisotopic (exact) mass is 139 g/mol. The van der Waals surface area contributed by atoms with Crippen LogP contribution in [-0.2, 0) is 4.79 Å². The van der Waals surface area contributed by atoms with E-state index in [9.17, 15) is 4.79 Å². The van der Waals surface area contributed by atoms with Gasteiger partial charge in [-0.1, -0.05) is 0 Å². The minimum Gasteiger partial charge on any atom is -0.423 e. The first-order valence-corrected chi connectivity index (χ1v) is 2.50. The van der Waals surface area contributed by atoms with Crippen molar-refractivity contribution in [2.45, 2.75) is 0 Å². The Kier molecular flexibility index (Phi) is 1.79. The molecule has 0 aliphatic carbocycles. The minimum absolute atomic E-state index is 0.155. The second-order valence-electron chi connectivity index (χ2n) is 1.49. The number of rotatable bonds is 2. The lowest BCUT2D eigenvalue weighted by molar-refractivity contribution is -0.120. The Balaban J connectivity index is 2.91. The van der Waals surface area contributed by atoms with Crippen LogP contribution in [0.15, 0.2) is 12.5 Å². The van der Waals surface area contributed by atoms with E-state index in [-0.39, 0.29) is 18.0 Å². The van der Waals surface area contributed by atoms with Crippen LogP contribution in [0.5, 0.6) is 5.75 Å². The van der Waals surface area contributed by atoms with Gasteiger partial charge in [0, 0.05) is 0 Å². The molecule has 0 amide bonds. The van der Waals surface area contributed by atoms with Gasteiger partial charge in [0.2, 0.25) is 0 Å². The van der Waals surface area contributed by atoms with E-state index < -0.39 is 0 Å². The fourth-order valence-corrected chi connectivity index (χ4v) is 0.469. The van der Waals surface area contributed by atoms with Crippen LogP contribution >= 0.6 is 0 Å². The van der Waals surface area contributed by atoms with Crippen molar-refractivity contribution in [2.75, 3.05) is 5.73 Å². The van der Waals surface area contributed by atoms with Gasteiger partial charge in [0.1, 0.15) is 6.33 Å². The van der Waals surface area contributed by atoms with Gasteiger partial charge in [0.05, 0.1) is 6.20 Å². The smallest absolute Gasteiger partial charge is 0.298 e. The van der Waals surface area contributed by atoms with Crippen LogP contribution in [0.1, 0.15) is 0 Å². The number of nitrogens with two attached hydrogens (primary N) is 1. The maximum Gasteiger partial charge on any atom is 0.298 e. The Morgan fingerprint density at radius 3 is 3.10 bits per heavy atom. The van der Waals surface area contributed by atoms with Crippen LogP contribution in [0.3, 0.4) is 0 Å². The first-order chi connectivity index (χ1) is 4.84. The molecular weight excluding hydrogens is 134 g/mol. The SMILES string of the molecule is Nc1ncncc1OC=O. The number of carbonyl (C=O) groups excluding carboxylic acids is 1. The first-order valence-electron chi connectivity index (χ1n) is 2.50. The van der Waals surface area contributed by atoms with Gasteiger partial charge in [-0.05, 0) is 0 Å². The molecule has 0 saturated heterocycles. The lowest BCUT2D eigenvalue weighted by Gasteiger charge is -1.97. The Morgan fingerprint density at radius 1 is 1.70 bits per heavy atom. The molecule has 0 radical (unpaired) electrons. The third-order valence-corrected chi connectivity index (χ3v) is 0.883. The Bertz CT molecular complexity index is 238. The number of carbonyl (C=O) groups is 1. The molecular formula is C5H5N3O2. The second-order valence-corrected chi connectivity index (χ2v) is 1.49. The number of aromatic nitrogens is 2. The van der Waals surface area contributed by atoms with Gasteiger partial charge in [-0.25, -0.2) is 9.97 Å². The summed E-state index contributed by atoms with van der Waals surface area (Å²) in [5, 5.41) is 0. The Hall–Kier alpha value is -1.65. The van der Waals surface area contributed by atoms with E-state index in [0.29, 0.717) is 0 Å². The van der Waals surface area contributed by atoms with Crippen LogP contribution in [0, 0.1) is 0 Å². The molecule has 1 rings (SSSR count). The second kappa shape index (κ2) is 2.77. The van der Waals surface area contributed by atoms with E-state index >= 15 is 0 Å². The lowest BCUT2D eigenvalue weighted by atomic mass is 10.5. The summed E-state index contributed by atoms with van der Waals surface area (Å²) in [6.07, 6.45) is 2.59. The van der Waals surface area contributed by atoms with Crippen molar-refractivity contribution >= 4 is 12.3 Å². The van der Waals surface area contributed by atoms with Crippen molar-refractivity contribution in [1.82, 2.24) is 9.97 Å². The molecule has 0 saturated carbocycles. The quantitative estimate of drug-likeness (QED) is 0.563. The lowest BCUT2D eigenvalue weighted by Crippen LogP contribution is -1.97. The highest BCUT2D eigenvalue weighted by Gasteiger charge is 1.97. The summed E-state index contributed by atoms with van der Waals surface area (Å²) < 4.78 is 4.41. The highest BCUT2D eigenvalue weighted by atomic mass is 16.5. The van der Waals surface area contributed by atoms with Crippen molar-refractivity contribution in [3.05, 3.63) is 12.5 Å². The highest BCUT2D eigenvalue weighted by molar-refractivity contribution is 5.52. The predicted molar refractivity (Wildman–Crippen MR) is 33.1 cm³/mol. The average Bonchev–Trinajstić information content (AvgIpc) is 1.94. The van der Waals surface area contributed by atoms with Crippen molar-refractivity contribution in [2.24, 2.45) is 0 Å². The summed E-state index contributed by atoms with van der Waals surface area (Å²) in [4.78, 5) is 17.0. The number of hydrogen-bond donors (Lipinski definition) is 1. The number of anilines is 1. The van der Waals surface area contributed by atoms with E-state index in [4.69, 9.17) is 5.73 Å². The van der Waals surface area contributed by atoms with Crippen LogP contribution in [0.4, 0.5) is 5.82 Å². The van der Waals surface area contributed by atoms with E-state index in [2.05, 4.69) is 14.7 Å². The predicted octanol–water partition coefficient (Wildman–Crippen LogP) is -0.406. The molecule has 10 heavy (non-hydrogen) atoms. The van der Waals surface area contributed by atoms with Crippen molar-refractivity contribution in [3.63, 3.8) is 0 Å². The molecule has 2 N–H and O–H groups in total. The number of hydrogen-bond acceptors (Lipinski definition) is 5. The molecule has 1 heterocycles. The van der Waals surface area contributed by atoms with Gasteiger partial charge in [0.25, 0.3) is 6.47 Å². The maximum atomic E-state index is 9.79. The Labute approximate surface area is 56.9 Å². The van der Waals surface area contributed by atoms with E-state index in [1.807, 2.05) is 0 Å². The summed E-state index contributed by atoms with van der Waals surface area (Å²) in [6, 6.07) is 0. The molecule has 0 atom stereocenters. The van der Waals surface area contributed by atoms with Gasteiger partial charge >= 0.3 is 0 Å². The van der Waals surface area contributed by atoms with E-state index in [1.165, 1.54) is 12.5 Å². The maximum absolute atomic E-state index is 9.79. The number of ether oxygens (including phenoxy) is 1. The third kappa shape index (κ3) is 1.19. The van der Waals surface area contributed by atoms with Gasteiger partial charge in [-0.15, -0.1) is 0 Å². The van der Waals surface area contributed by atoms with Gasteiger partial charge in [0.15, 0.2) is 11.6 Å². The molecule has 0 fully saturated rings. The molecule has 0 aliphatic heterocycles. The van der Waals surface area contributed by atoms with Crippen molar-refractivity contribution in [1.29, 1.82) is 0 Å². The van der Waals surface area contributed by atoms with Gasteiger partial charge < -0.3 is 10.5 Å². The minimum atomic E-state index is 0.155. The summed E-state index contributed by atoms with van der Waals surface area (Å²) in [5.74, 6) is 0.333. The molecule has 5 heteroatoms. The zero-order chi connectivity index (χ0) is 7.40. The van der Waals surface area contributed by atoms with E-state index in [1.54, 1.807) is 0 Å². The number of nitrogens with zero attached hydrogens (tertiary/aromatic N) is 2. The van der Waals surface area contributed by atoms with Crippen LogP contribution in [0.2, 0.25) is 0 Å². The molecule has 0 bridgehead atoms. The third-order valence-electron chi connectivity index (χ3n) is 0.883. The fraction of sp³-hybridized carbons (Fsp3) is 0. The molecule has 0 unspecified atom stereocenters. The van der Waals surface area contributed by atoms with Crippen LogP contribution < -0.4 is 10.5 Å². The molecule has 0 spiro atoms. The normalized spacial score (nSPS) is 8.80. The Morgan fingerprint density at radius 2 is 2.50 bits per heavy atom. The van der Waals surface area contributed by atoms with Crippen molar-refractivity contribution < 1.29 is 9.53 Å². The first kappa shape index (κ1) is 6.47. The van der Waals surface area contributed by atoms with E-state index in [0.717, 1.165) is 0 Å². The standard InChI is InChI=1S/C5H5N3O2/c6-5-4(10-3-9)1-7-2-8-5/h1-3H,(H2,6,7,8). The summed E-state index contributed by atoms with van der Waals surface area (Å²) in [6.45, 7) is 0.273. The number of nitrogen functional groups attached to an aromatic ring is 1. The zero-order valence-corrected chi connectivity index (χ0v) is 5.02. The van der Waals surface area contributed by atoms with Gasteiger partial charge in [-0.3, -0.25) is 4.79 Å². The van der Waals surface area contributed by atoms with Gasteiger partial charge in [-0.2, -0.15) is 0 Å². The summed E-state index contributed by atoms with van der Waals surface area (Å²) in [7, 11) is 0. The van der Waals surface area contributed by atoms with Crippen LogP contribution in [0.25, 0.3) is 0 Å². The summed E-state index contributed by atoms with van der Waals surface area (Å²) in [5.41, 5.74) is 5.27. The molecule has 52 valence electrons. The topological polar surface area (TPSA) is 78.1 Å². The molecule has 0 aliphatic rings. The van der Waals surface area contributed by atoms with Crippen molar-refractivity contribution in [3.8, 4) is 5.75 Å². The van der Waals surface area contributed by atoms with Crippen LogP contribution in [-0.4, -0.2) is 16.4 Å². The molecule has 1 aromatic rings.